The average Bonchev–Trinajstić information content (AvgIpc) is 3.12. The number of anilines is 1. The molecule has 0 bridgehead atoms. The number of azide groups is 1. The fourth-order valence-corrected chi connectivity index (χ4v) is 3.19. The number of carbonyl (C=O) groups excluding carboxylic acids is 1. The second-order valence-electron chi connectivity index (χ2n) is 5.77. The minimum atomic E-state index is 0.0543. The standard InChI is InChI=1S/C17H14N4O2/c18-20-19-9-11-7-17(22)21(10-11)12-5-6-14-13-3-1-2-4-15(13)23-16(14)8-12/h1-6,8,11H,7,9-10H2. The van der Waals surface area contributed by atoms with Gasteiger partial charge in [0.05, 0.1) is 0 Å². The van der Waals surface area contributed by atoms with Gasteiger partial charge in [-0.1, -0.05) is 23.3 Å². The summed E-state index contributed by atoms with van der Waals surface area (Å²) < 4.78 is 5.88. The Kier molecular flexibility index (Phi) is 3.17. The summed E-state index contributed by atoms with van der Waals surface area (Å²) in [6.45, 7) is 0.926. The lowest BCUT2D eigenvalue weighted by Gasteiger charge is -2.16. The molecule has 0 radical (unpaired) electrons. The van der Waals surface area contributed by atoms with E-state index in [-0.39, 0.29) is 11.8 Å². The van der Waals surface area contributed by atoms with Crippen LogP contribution >= 0.6 is 0 Å². The minimum absolute atomic E-state index is 0.0543. The molecule has 23 heavy (non-hydrogen) atoms. The first-order valence-corrected chi connectivity index (χ1v) is 7.49. The summed E-state index contributed by atoms with van der Waals surface area (Å²) in [4.78, 5) is 16.7. The predicted molar refractivity (Wildman–Crippen MR) is 88.2 cm³/mol. The molecule has 6 nitrogen and oxygen atoms in total. The molecule has 0 spiro atoms. The van der Waals surface area contributed by atoms with E-state index in [1.807, 2.05) is 42.5 Å². The molecule has 1 fully saturated rings. The third-order valence-electron chi connectivity index (χ3n) is 4.28. The van der Waals surface area contributed by atoms with Crippen LogP contribution in [0.4, 0.5) is 5.69 Å². The maximum atomic E-state index is 12.2. The molecule has 2 heterocycles. The second kappa shape index (κ2) is 5.34. The highest BCUT2D eigenvalue weighted by atomic mass is 16.3. The number of nitrogens with zero attached hydrogens (tertiary/aromatic N) is 4. The summed E-state index contributed by atoms with van der Waals surface area (Å²) in [6.07, 6.45) is 0.414. The van der Waals surface area contributed by atoms with Gasteiger partial charge < -0.3 is 9.32 Å². The monoisotopic (exact) mass is 306 g/mol. The first-order chi connectivity index (χ1) is 11.3. The molecule has 2 aromatic carbocycles. The van der Waals surface area contributed by atoms with Crippen LogP contribution in [0.2, 0.25) is 0 Å². The van der Waals surface area contributed by atoms with E-state index in [0.717, 1.165) is 27.6 Å². The summed E-state index contributed by atoms with van der Waals surface area (Å²) >= 11 is 0. The molecule has 4 rings (SSSR count). The Bertz CT molecular complexity index is 956. The topological polar surface area (TPSA) is 82.2 Å². The highest BCUT2D eigenvalue weighted by molar-refractivity contribution is 6.06. The number of hydrogen-bond donors (Lipinski definition) is 0. The van der Waals surface area contributed by atoms with E-state index in [4.69, 9.17) is 9.95 Å². The molecule has 3 aromatic rings. The maximum Gasteiger partial charge on any atom is 0.227 e. The zero-order valence-corrected chi connectivity index (χ0v) is 12.3. The van der Waals surface area contributed by atoms with Crippen molar-refractivity contribution in [2.75, 3.05) is 18.0 Å². The van der Waals surface area contributed by atoms with Crippen LogP contribution < -0.4 is 4.90 Å². The maximum absolute atomic E-state index is 12.2. The van der Waals surface area contributed by atoms with Crippen LogP contribution in [0.1, 0.15) is 6.42 Å². The number of carbonyl (C=O) groups is 1. The van der Waals surface area contributed by atoms with Crippen molar-refractivity contribution in [3.63, 3.8) is 0 Å². The van der Waals surface area contributed by atoms with Crippen molar-refractivity contribution in [1.82, 2.24) is 0 Å². The van der Waals surface area contributed by atoms with E-state index in [9.17, 15) is 4.79 Å². The molecule has 1 amide bonds. The highest BCUT2D eigenvalue weighted by Gasteiger charge is 2.30. The Morgan fingerprint density at radius 1 is 1.22 bits per heavy atom. The number of fused-ring (bicyclic) bond motifs is 3. The average molecular weight is 306 g/mol. The van der Waals surface area contributed by atoms with Crippen molar-refractivity contribution in [3.8, 4) is 0 Å². The normalized spacial score (nSPS) is 17.8. The lowest BCUT2D eigenvalue weighted by Crippen LogP contribution is -2.24. The van der Waals surface area contributed by atoms with Gasteiger partial charge in [-0.2, -0.15) is 0 Å². The largest absolute Gasteiger partial charge is 0.456 e. The van der Waals surface area contributed by atoms with Gasteiger partial charge >= 0.3 is 0 Å². The smallest absolute Gasteiger partial charge is 0.227 e. The summed E-state index contributed by atoms with van der Waals surface area (Å²) in [7, 11) is 0. The van der Waals surface area contributed by atoms with Crippen LogP contribution in [0.5, 0.6) is 0 Å². The van der Waals surface area contributed by atoms with Gasteiger partial charge in [-0.15, -0.1) is 0 Å². The Labute approximate surface area is 131 Å². The molecule has 114 valence electrons. The molecule has 1 aliphatic rings. The van der Waals surface area contributed by atoms with E-state index in [2.05, 4.69) is 10.0 Å². The summed E-state index contributed by atoms with van der Waals surface area (Å²) in [5.41, 5.74) is 10.8. The zero-order valence-electron chi connectivity index (χ0n) is 12.3. The predicted octanol–water partition coefficient (Wildman–Crippen LogP) is 4.25. The highest BCUT2D eigenvalue weighted by Crippen LogP contribution is 2.33. The first kappa shape index (κ1) is 13.7. The van der Waals surface area contributed by atoms with Crippen molar-refractivity contribution in [2.45, 2.75) is 6.42 Å². The molecular formula is C17H14N4O2. The van der Waals surface area contributed by atoms with Crippen LogP contribution in [-0.2, 0) is 4.79 Å². The lowest BCUT2D eigenvalue weighted by molar-refractivity contribution is -0.117. The number of amides is 1. The van der Waals surface area contributed by atoms with Crippen LogP contribution in [-0.4, -0.2) is 19.0 Å². The molecule has 6 heteroatoms. The van der Waals surface area contributed by atoms with E-state index >= 15 is 0 Å². The summed E-state index contributed by atoms with van der Waals surface area (Å²) in [5.74, 6) is 0.128. The summed E-state index contributed by atoms with van der Waals surface area (Å²) in [6, 6.07) is 13.7. The fraction of sp³-hybridized carbons (Fsp3) is 0.235. The molecule has 1 aliphatic heterocycles. The molecular weight excluding hydrogens is 292 g/mol. The number of para-hydroxylation sites is 1. The Morgan fingerprint density at radius 3 is 2.91 bits per heavy atom. The molecule has 1 unspecified atom stereocenters. The molecule has 1 aromatic heterocycles. The van der Waals surface area contributed by atoms with Crippen molar-refractivity contribution < 1.29 is 9.21 Å². The van der Waals surface area contributed by atoms with Crippen LogP contribution in [0.25, 0.3) is 32.4 Å². The number of benzene rings is 2. The van der Waals surface area contributed by atoms with Crippen molar-refractivity contribution in [3.05, 3.63) is 52.9 Å². The van der Waals surface area contributed by atoms with Gasteiger partial charge in [0, 0.05) is 46.9 Å². The Balaban J connectivity index is 1.70. The number of rotatable bonds is 3. The third kappa shape index (κ3) is 2.29. The van der Waals surface area contributed by atoms with Crippen molar-refractivity contribution in [2.24, 2.45) is 11.0 Å². The Hall–Kier alpha value is -2.98. The van der Waals surface area contributed by atoms with Crippen molar-refractivity contribution in [1.29, 1.82) is 0 Å². The Morgan fingerprint density at radius 2 is 2.04 bits per heavy atom. The number of furan rings is 1. The van der Waals surface area contributed by atoms with E-state index in [0.29, 0.717) is 19.5 Å². The van der Waals surface area contributed by atoms with Gasteiger partial charge in [0.25, 0.3) is 0 Å². The fourth-order valence-electron chi connectivity index (χ4n) is 3.19. The van der Waals surface area contributed by atoms with Crippen LogP contribution in [0.3, 0.4) is 0 Å². The molecule has 0 aliphatic carbocycles. The van der Waals surface area contributed by atoms with Gasteiger partial charge in [0.15, 0.2) is 0 Å². The minimum Gasteiger partial charge on any atom is -0.456 e. The molecule has 0 N–H and O–H groups in total. The van der Waals surface area contributed by atoms with Gasteiger partial charge in [-0.05, 0) is 29.6 Å². The molecule has 1 atom stereocenters. The van der Waals surface area contributed by atoms with Gasteiger partial charge in [-0.3, -0.25) is 4.79 Å². The van der Waals surface area contributed by atoms with Crippen LogP contribution in [0, 0.1) is 5.92 Å². The summed E-state index contributed by atoms with van der Waals surface area (Å²) in [5, 5.41) is 5.69. The van der Waals surface area contributed by atoms with E-state index in [1.54, 1.807) is 4.90 Å². The van der Waals surface area contributed by atoms with Gasteiger partial charge in [0.2, 0.25) is 5.91 Å². The van der Waals surface area contributed by atoms with E-state index in [1.165, 1.54) is 0 Å². The quantitative estimate of drug-likeness (QED) is 0.411. The van der Waals surface area contributed by atoms with Crippen LogP contribution in [0.15, 0.2) is 52.0 Å². The third-order valence-corrected chi connectivity index (χ3v) is 4.28. The zero-order chi connectivity index (χ0) is 15.8. The lowest BCUT2D eigenvalue weighted by atomic mass is 10.1. The molecule has 0 saturated carbocycles. The second-order valence-corrected chi connectivity index (χ2v) is 5.77. The van der Waals surface area contributed by atoms with Crippen molar-refractivity contribution >= 4 is 33.5 Å². The first-order valence-electron chi connectivity index (χ1n) is 7.49. The molecule has 1 saturated heterocycles. The van der Waals surface area contributed by atoms with E-state index < -0.39 is 0 Å². The number of hydrogen-bond acceptors (Lipinski definition) is 3. The SMILES string of the molecule is [N-]=[N+]=NCC1CC(=O)N(c2ccc3c(c2)oc2ccccc23)C1. The van der Waals surface area contributed by atoms with Gasteiger partial charge in [-0.25, -0.2) is 0 Å². The van der Waals surface area contributed by atoms with Gasteiger partial charge in [0.1, 0.15) is 11.2 Å².